The van der Waals surface area contributed by atoms with Gasteiger partial charge >= 0.3 is 0 Å². The van der Waals surface area contributed by atoms with E-state index in [0.717, 1.165) is 22.7 Å². The highest BCUT2D eigenvalue weighted by Crippen LogP contribution is 2.27. The number of anilines is 1. The van der Waals surface area contributed by atoms with Crippen LogP contribution in [0.3, 0.4) is 0 Å². The van der Waals surface area contributed by atoms with E-state index in [9.17, 15) is 19.7 Å². The Hall–Kier alpha value is -4.64. The van der Waals surface area contributed by atoms with Gasteiger partial charge in [-0.05, 0) is 42.5 Å². The third-order valence-corrected chi connectivity index (χ3v) is 6.46. The van der Waals surface area contributed by atoms with E-state index in [0.29, 0.717) is 28.2 Å². The predicted octanol–water partition coefficient (Wildman–Crippen LogP) is 4.51. The van der Waals surface area contributed by atoms with Gasteiger partial charge in [-0.2, -0.15) is 0 Å². The third kappa shape index (κ3) is 4.39. The third-order valence-electron chi connectivity index (χ3n) is 5.52. The minimum Gasteiger partial charge on any atom is -0.497 e. The number of H-pyrrole nitrogens is 1. The highest BCUT2D eigenvalue weighted by Gasteiger charge is 2.19. The fraction of sp³-hybridized carbons (Fsp3) is 0.0800. The van der Waals surface area contributed by atoms with Gasteiger partial charge in [0.05, 0.1) is 23.5 Å². The van der Waals surface area contributed by atoms with Crippen LogP contribution in [-0.2, 0) is 4.79 Å². The number of ether oxygens (including phenoxy) is 1. The maximum atomic E-state index is 13.6. The van der Waals surface area contributed by atoms with Crippen LogP contribution >= 0.6 is 11.8 Å². The number of nitro benzene ring substituents is 1. The van der Waals surface area contributed by atoms with Gasteiger partial charge in [0.2, 0.25) is 5.91 Å². The van der Waals surface area contributed by atoms with Crippen molar-refractivity contribution in [3.05, 3.63) is 93.3 Å². The Kier molecular flexibility index (Phi) is 6.13. The molecule has 0 atom stereocenters. The lowest BCUT2D eigenvalue weighted by Gasteiger charge is -2.12. The molecule has 0 bridgehead atoms. The molecule has 1 amide bonds. The summed E-state index contributed by atoms with van der Waals surface area (Å²) >= 11 is 1.10. The lowest BCUT2D eigenvalue weighted by molar-refractivity contribution is -0.384. The van der Waals surface area contributed by atoms with E-state index in [2.05, 4.69) is 10.3 Å². The van der Waals surface area contributed by atoms with Gasteiger partial charge in [0.25, 0.3) is 11.2 Å². The molecule has 2 N–H and O–H groups in total. The molecule has 10 nitrogen and oxygen atoms in total. The number of aromatic nitrogens is 3. The smallest absolute Gasteiger partial charge is 0.283 e. The molecule has 11 heteroatoms. The Morgan fingerprint density at radius 2 is 1.83 bits per heavy atom. The second-order valence-corrected chi connectivity index (χ2v) is 8.71. The number of rotatable bonds is 7. The van der Waals surface area contributed by atoms with Crippen LogP contribution in [0.1, 0.15) is 0 Å². The zero-order chi connectivity index (χ0) is 25.2. The van der Waals surface area contributed by atoms with Crippen LogP contribution in [0.2, 0.25) is 0 Å². The molecule has 5 rings (SSSR count). The first-order valence-electron chi connectivity index (χ1n) is 10.8. The Labute approximate surface area is 208 Å². The summed E-state index contributed by atoms with van der Waals surface area (Å²) in [7, 11) is 1.56. The van der Waals surface area contributed by atoms with Crippen LogP contribution in [0.4, 0.5) is 11.4 Å². The number of fused-ring (bicyclic) bond motifs is 3. The van der Waals surface area contributed by atoms with E-state index in [4.69, 9.17) is 9.72 Å². The van der Waals surface area contributed by atoms with Crippen molar-refractivity contribution in [2.24, 2.45) is 0 Å². The monoisotopic (exact) mass is 501 g/mol. The zero-order valence-electron chi connectivity index (χ0n) is 18.9. The standard InChI is InChI=1S/C25H19N5O5S/c1-35-18-12-6-15(7-13-18)26-21(31)14-36-25-28-22-19-4-2-3-5-20(19)27-23(22)24(32)29(25)16-8-10-17(11-9-16)30(33)34/h2-13,27H,14H2,1H3,(H,26,31). The molecule has 0 fully saturated rings. The second-order valence-electron chi connectivity index (χ2n) is 7.77. The van der Waals surface area contributed by atoms with E-state index in [-0.39, 0.29) is 28.1 Å². The van der Waals surface area contributed by atoms with Crippen molar-refractivity contribution in [2.75, 3.05) is 18.2 Å². The zero-order valence-corrected chi connectivity index (χ0v) is 19.7. The average molecular weight is 502 g/mol. The van der Waals surface area contributed by atoms with Gasteiger partial charge in [0.1, 0.15) is 16.8 Å². The number of hydrogen-bond acceptors (Lipinski definition) is 7. The average Bonchev–Trinajstić information content (AvgIpc) is 3.27. The normalized spacial score (nSPS) is 11.0. The summed E-state index contributed by atoms with van der Waals surface area (Å²) in [5.74, 6) is 0.374. The number of benzene rings is 3. The highest BCUT2D eigenvalue weighted by atomic mass is 32.2. The van der Waals surface area contributed by atoms with E-state index in [1.807, 2.05) is 24.3 Å². The van der Waals surface area contributed by atoms with Gasteiger partial charge < -0.3 is 15.0 Å². The van der Waals surface area contributed by atoms with E-state index < -0.39 is 4.92 Å². The van der Waals surface area contributed by atoms with Crippen LogP contribution in [0.25, 0.3) is 27.6 Å². The molecule has 0 spiro atoms. The molecule has 0 aliphatic rings. The quantitative estimate of drug-likeness (QED) is 0.145. The van der Waals surface area contributed by atoms with Crippen molar-refractivity contribution in [1.29, 1.82) is 0 Å². The van der Waals surface area contributed by atoms with Gasteiger partial charge in [-0.3, -0.25) is 24.3 Å². The van der Waals surface area contributed by atoms with Gasteiger partial charge in [-0.15, -0.1) is 0 Å². The largest absolute Gasteiger partial charge is 0.497 e. The molecule has 2 aromatic heterocycles. The Balaban J connectivity index is 1.52. The first-order chi connectivity index (χ1) is 17.4. The summed E-state index contributed by atoms with van der Waals surface area (Å²) < 4.78 is 6.48. The molecule has 0 aliphatic carbocycles. The topological polar surface area (TPSA) is 132 Å². The number of thioether (sulfide) groups is 1. The summed E-state index contributed by atoms with van der Waals surface area (Å²) in [6.45, 7) is 0. The SMILES string of the molecule is COc1ccc(NC(=O)CSc2nc3c([nH]c4ccccc43)c(=O)n2-c2ccc([N+](=O)[O-])cc2)cc1. The van der Waals surface area contributed by atoms with Gasteiger partial charge in [-0.1, -0.05) is 30.0 Å². The lowest BCUT2D eigenvalue weighted by atomic mass is 10.2. The number of aromatic amines is 1. The van der Waals surface area contributed by atoms with Crippen LogP contribution in [0, 0.1) is 10.1 Å². The number of non-ortho nitro benzene ring substituents is 1. The van der Waals surface area contributed by atoms with Crippen molar-refractivity contribution in [2.45, 2.75) is 5.16 Å². The summed E-state index contributed by atoms with van der Waals surface area (Å²) in [5, 5.41) is 15.0. The molecule has 0 aliphatic heterocycles. The second kappa shape index (κ2) is 9.55. The molecule has 180 valence electrons. The van der Waals surface area contributed by atoms with Gasteiger partial charge in [0.15, 0.2) is 5.16 Å². The number of carbonyl (C=O) groups excluding carboxylic acids is 1. The molecule has 0 unspecified atom stereocenters. The molecular formula is C25H19N5O5S. The van der Waals surface area contributed by atoms with Crippen molar-refractivity contribution in [3.63, 3.8) is 0 Å². The summed E-state index contributed by atoms with van der Waals surface area (Å²) in [4.78, 5) is 44.6. The Morgan fingerprint density at radius 3 is 2.53 bits per heavy atom. The number of para-hydroxylation sites is 1. The molecular weight excluding hydrogens is 482 g/mol. The van der Waals surface area contributed by atoms with Crippen molar-refractivity contribution >= 4 is 51.0 Å². The molecule has 0 saturated heterocycles. The number of nitro groups is 1. The molecule has 2 heterocycles. The molecule has 5 aromatic rings. The fourth-order valence-corrected chi connectivity index (χ4v) is 4.60. The van der Waals surface area contributed by atoms with Crippen LogP contribution in [0.15, 0.2) is 82.7 Å². The predicted molar refractivity (Wildman–Crippen MR) is 138 cm³/mol. The van der Waals surface area contributed by atoms with E-state index in [1.165, 1.54) is 28.8 Å². The highest BCUT2D eigenvalue weighted by molar-refractivity contribution is 7.99. The summed E-state index contributed by atoms with van der Waals surface area (Å²) in [5.41, 5.74) is 2.09. The summed E-state index contributed by atoms with van der Waals surface area (Å²) in [6.07, 6.45) is 0. The summed E-state index contributed by atoms with van der Waals surface area (Å²) in [6, 6.07) is 20.0. The van der Waals surface area contributed by atoms with Gasteiger partial charge in [0, 0.05) is 28.7 Å². The number of methoxy groups -OCH3 is 1. The molecule has 0 radical (unpaired) electrons. The van der Waals surface area contributed by atoms with Crippen molar-refractivity contribution in [3.8, 4) is 11.4 Å². The minimum atomic E-state index is -0.509. The maximum absolute atomic E-state index is 13.6. The lowest BCUT2D eigenvalue weighted by Crippen LogP contribution is -2.23. The Morgan fingerprint density at radius 1 is 1.11 bits per heavy atom. The van der Waals surface area contributed by atoms with Crippen LogP contribution < -0.4 is 15.6 Å². The first-order valence-corrected chi connectivity index (χ1v) is 11.8. The molecule has 36 heavy (non-hydrogen) atoms. The first kappa shape index (κ1) is 23.1. The molecule has 0 saturated carbocycles. The van der Waals surface area contributed by atoms with Crippen LogP contribution in [-0.4, -0.2) is 38.2 Å². The van der Waals surface area contributed by atoms with E-state index in [1.54, 1.807) is 31.4 Å². The van der Waals surface area contributed by atoms with Gasteiger partial charge in [-0.25, -0.2) is 4.98 Å². The number of nitrogens with zero attached hydrogens (tertiary/aromatic N) is 3. The maximum Gasteiger partial charge on any atom is 0.283 e. The fourth-order valence-electron chi connectivity index (χ4n) is 3.79. The number of amides is 1. The molecule has 3 aromatic carbocycles. The Bertz CT molecular complexity index is 1660. The van der Waals surface area contributed by atoms with Crippen molar-refractivity contribution < 1.29 is 14.5 Å². The van der Waals surface area contributed by atoms with E-state index >= 15 is 0 Å². The van der Waals surface area contributed by atoms with Crippen LogP contribution in [0.5, 0.6) is 5.75 Å². The number of carbonyl (C=O) groups is 1. The number of hydrogen-bond donors (Lipinski definition) is 2. The minimum absolute atomic E-state index is 0.0146. The number of nitrogens with one attached hydrogen (secondary N) is 2. The van der Waals surface area contributed by atoms with Crippen molar-refractivity contribution in [1.82, 2.24) is 14.5 Å².